The number of ether oxygens (including phenoxy) is 2. The zero-order valence-electron chi connectivity index (χ0n) is 19.2. The van der Waals surface area contributed by atoms with E-state index in [1.807, 2.05) is 0 Å². The molecule has 182 valence electrons. The van der Waals surface area contributed by atoms with E-state index in [0.29, 0.717) is 37.6 Å². The Morgan fingerprint density at radius 2 is 1.69 bits per heavy atom. The summed E-state index contributed by atoms with van der Waals surface area (Å²) in [5.41, 5.74) is 1.11. The summed E-state index contributed by atoms with van der Waals surface area (Å²) in [5, 5.41) is 2.58. The normalized spacial score (nSPS) is 16.2. The minimum absolute atomic E-state index is 0.122. The molecule has 2 aliphatic rings. The molecule has 2 aliphatic heterocycles. The van der Waals surface area contributed by atoms with E-state index in [-0.39, 0.29) is 34.0 Å². The summed E-state index contributed by atoms with van der Waals surface area (Å²) in [6.07, 6.45) is -0.320. The molecule has 1 fully saturated rings. The molecule has 0 unspecified atom stereocenters. The van der Waals surface area contributed by atoms with E-state index in [4.69, 9.17) is 21.1 Å². The van der Waals surface area contributed by atoms with Crippen LogP contribution in [0, 0.1) is 0 Å². The molecule has 0 radical (unpaired) electrons. The Bertz CT molecular complexity index is 1220. The number of carbonyl (C=O) groups is 4. The van der Waals surface area contributed by atoms with Gasteiger partial charge >= 0.3 is 5.97 Å². The number of hydrogen-bond donors (Lipinski definition) is 1. The van der Waals surface area contributed by atoms with Crippen molar-refractivity contribution in [1.29, 1.82) is 0 Å². The van der Waals surface area contributed by atoms with Crippen molar-refractivity contribution in [3.8, 4) is 0 Å². The van der Waals surface area contributed by atoms with Crippen LogP contribution in [-0.2, 0) is 19.1 Å². The van der Waals surface area contributed by atoms with E-state index >= 15 is 0 Å². The van der Waals surface area contributed by atoms with E-state index in [9.17, 15) is 19.2 Å². The molecule has 2 aromatic carbocycles. The molecule has 0 saturated carbocycles. The van der Waals surface area contributed by atoms with Gasteiger partial charge in [-0.1, -0.05) is 23.7 Å². The summed E-state index contributed by atoms with van der Waals surface area (Å²) in [6.45, 7) is 5.41. The highest BCUT2D eigenvalue weighted by Gasteiger charge is 2.39. The Morgan fingerprint density at radius 1 is 1.00 bits per heavy atom. The number of hydrogen-bond acceptors (Lipinski definition) is 7. The zero-order chi connectivity index (χ0) is 25.1. The molecule has 10 heteroatoms. The number of carbonyl (C=O) groups excluding carboxylic acids is 4. The molecule has 2 heterocycles. The number of esters is 1. The summed E-state index contributed by atoms with van der Waals surface area (Å²) >= 11 is 6.24. The van der Waals surface area contributed by atoms with Crippen molar-refractivity contribution in [3.05, 3.63) is 70.4 Å². The van der Waals surface area contributed by atoms with Gasteiger partial charge in [0.25, 0.3) is 17.7 Å². The molecule has 3 amide bonds. The maximum Gasteiger partial charge on any atom is 0.338 e. The second-order valence-electron chi connectivity index (χ2n) is 8.25. The highest BCUT2D eigenvalue weighted by molar-refractivity contribution is 6.53. The molecule has 1 saturated heterocycles. The average molecular weight is 498 g/mol. The summed E-state index contributed by atoms with van der Waals surface area (Å²) in [5.74, 6) is -2.13. The number of imide groups is 1. The smallest absolute Gasteiger partial charge is 0.338 e. The van der Waals surface area contributed by atoms with Crippen LogP contribution in [0.3, 0.4) is 0 Å². The van der Waals surface area contributed by atoms with Crippen LogP contribution >= 0.6 is 11.6 Å². The van der Waals surface area contributed by atoms with Crippen LogP contribution in [0.5, 0.6) is 0 Å². The number of amides is 3. The standard InChI is InChI=1S/C25H24ClN3O6/c1-15(2)35-25(33)17-6-4-8-19(14-17)29-23(31)20(26)21(24(29)32)27-18-7-3-5-16(13-18)22(30)28-9-11-34-12-10-28/h3-8,13-15,27H,9-12H2,1-2H3. The van der Waals surface area contributed by atoms with Crippen LogP contribution in [-0.4, -0.2) is 61.0 Å². The molecular weight excluding hydrogens is 474 g/mol. The molecule has 2 aromatic rings. The van der Waals surface area contributed by atoms with Crippen molar-refractivity contribution >= 4 is 46.7 Å². The largest absolute Gasteiger partial charge is 0.459 e. The predicted octanol–water partition coefficient (Wildman–Crippen LogP) is 3.16. The lowest BCUT2D eigenvalue weighted by Gasteiger charge is -2.27. The van der Waals surface area contributed by atoms with Crippen molar-refractivity contribution < 1.29 is 28.7 Å². The lowest BCUT2D eigenvalue weighted by molar-refractivity contribution is -0.120. The van der Waals surface area contributed by atoms with Crippen molar-refractivity contribution in [2.75, 3.05) is 36.5 Å². The van der Waals surface area contributed by atoms with Gasteiger partial charge < -0.3 is 19.7 Å². The van der Waals surface area contributed by atoms with Gasteiger partial charge in [0, 0.05) is 24.3 Å². The molecule has 35 heavy (non-hydrogen) atoms. The number of nitrogens with one attached hydrogen (secondary N) is 1. The van der Waals surface area contributed by atoms with Crippen LogP contribution < -0.4 is 10.2 Å². The number of morpholine rings is 1. The summed E-state index contributed by atoms with van der Waals surface area (Å²) < 4.78 is 10.5. The van der Waals surface area contributed by atoms with Crippen LogP contribution in [0.15, 0.2) is 59.3 Å². The molecule has 9 nitrogen and oxygen atoms in total. The lowest BCUT2D eigenvalue weighted by Crippen LogP contribution is -2.40. The second-order valence-corrected chi connectivity index (χ2v) is 8.63. The number of benzene rings is 2. The van der Waals surface area contributed by atoms with Gasteiger partial charge in [0.2, 0.25) is 0 Å². The first-order valence-corrected chi connectivity index (χ1v) is 11.5. The van der Waals surface area contributed by atoms with Crippen molar-refractivity contribution in [2.24, 2.45) is 0 Å². The maximum absolute atomic E-state index is 13.2. The fraction of sp³-hybridized carbons (Fsp3) is 0.280. The minimum Gasteiger partial charge on any atom is -0.459 e. The average Bonchev–Trinajstić information content (AvgIpc) is 3.07. The molecule has 0 atom stereocenters. The van der Waals surface area contributed by atoms with Crippen molar-refractivity contribution in [2.45, 2.75) is 20.0 Å². The van der Waals surface area contributed by atoms with Crippen LogP contribution in [0.1, 0.15) is 34.6 Å². The van der Waals surface area contributed by atoms with Gasteiger partial charge in [-0.15, -0.1) is 0 Å². The highest BCUT2D eigenvalue weighted by Crippen LogP contribution is 2.31. The topological polar surface area (TPSA) is 105 Å². The Labute approximate surface area is 207 Å². The van der Waals surface area contributed by atoms with E-state index < -0.39 is 17.8 Å². The number of anilines is 2. The van der Waals surface area contributed by atoms with Crippen molar-refractivity contribution in [3.63, 3.8) is 0 Å². The fourth-order valence-electron chi connectivity index (χ4n) is 3.72. The predicted molar refractivity (Wildman–Crippen MR) is 129 cm³/mol. The fourth-order valence-corrected chi connectivity index (χ4v) is 3.94. The van der Waals surface area contributed by atoms with Gasteiger partial charge in [-0.25, -0.2) is 9.69 Å². The van der Waals surface area contributed by atoms with Gasteiger partial charge in [0.1, 0.15) is 10.7 Å². The van der Waals surface area contributed by atoms with Crippen LogP contribution in [0.25, 0.3) is 0 Å². The quantitative estimate of drug-likeness (QED) is 0.482. The summed E-state index contributed by atoms with van der Waals surface area (Å²) in [6, 6.07) is 12.6. The molecule has 0 aliphatic carbocycles. The Balaban J connectivity index is 1.54. The Morgan fingerprint density at radius 3 is 2.40 bits per heavy atom. The molecule has 1 N–H and O–H groups in total. The third kappa shape index (κ3) is 5.21. The molecule has 0 aromatic heterocycles. The van der Waals surface area contributed by atoms with Gasteiger partial charge in [0.15, 0.2) is 0 Å². The van der Waals surface area contributed by atoms with Gasteiger partial charge in [-0.2, -0.15) is 0 Å². The third-order valence-electron chi connectivity index (χ3n) is 5.39. The zero-order valence-corrected chi connectivity index (χ0v) is 20.0. The van der Waals surface area contributed by atoms with E-state index in [1.165, 1.54) is 18.2 Å². The van der Waals surface area contributed by atoms with Gasteiger partial charge in [0.05, 0.1) is 30.6 Å². The molecule has 4 rings (SSSR count). The first-order valence-electron chi connectivity index (χ1n) is 11.1. The Kier molecular flexibility index (Phi) is 7.18. The second kappa shape index (κ2) is 10.3. The highest BCUT2D eigenvalue weighted by atomic mass is 35.5. The lowest BCUT2D eigenvalue weighted by atomic mass is 10.1. The number of halogens is 1. The molecular formula is C25H24ClN3O6. The third-order valence-corrected chi connectivity index (χ3v) is 5.74. The summed E-state index contributed by atoms with van der Waals surface area (Å²) in [7, 11) is 0. The minimum atomic E-state index is -0.728. The van der Waals surface area contributed by atoms with E-state index in [0.717, 1.165) is 4.90 Å². The molecule has 0 bridgehead atoms. The van der Waals surface area contributed by atoms with Crippen LogP contribution in [0.2, 0.25) is 0 Å². The number of rotatable bonds is 6. The van der Waals surface area contributed by atoms with E-state index in [1.54, 1.807) is 49.1 Å². The molecule has 0 spiro atoms. The van der Waals surface area contributed by atoms with Crippen LogP contribution in [0.4, 0.5) is 11.4 Å². The number of nitrogens with zero attached hydrogens (tertiary/aromatic N) is 2. The van der Waals surface area contributed by atoms with Gasteiger partial charge in [-0.05, 0) is 50.2 Å². The summed E-state index contributed by atoms with van der Waals surface area (Å²) in [4.78, 5) is 53.6. The van der Waals surface area contributed by atoms with Gasteiger partial charge in [-0.3, -0.25) is 14.4 Å². The SMILES string of the molecule is CC(C)OC(=O)c1cccc(N2C(=O)C(Cl)=C(Nc3cccc(C(=O)N4CCOCC4)c3)C2=O)c1. The van der Waals surface area contributed by atoms with E-state index in [2.05, 4.69) is 5.32 Å². The maximum atomic E-state index is 13.2. The van der Waals surface area contributed by atoms with Crippen molar-refractivity contribution in [1.82, 2.24) is 4.90 Å². The monoisotopic (exact) mass is 497 g/mol. The first kappa shape index (κ1) is 24.4. The first-order chi connectivity index (χ1) is 16.8. The Hall–Kier alpha value is -3.69.